The van der Waals surface area contributed by atoms with Crippen molar-refractivity contribution in [2.75, 3.05) is 32.7 Å². The van der Waals surface area contributed by atoms with Crippen molar-refractivity contribution in [1.82, 2.24) is 15.1 Å². The molecule has 1 aromatic rings. The standard InChI is InChI=1S/C17H26ClN3O2/c1-13(22)12-20-7-9-21(10-8-20)14(2)17(23)19-11-15-3-5-16(18)6-4-15/h3-6,13-14,22H,7-12H2,1-2H3,(H,19,23)/t13-,14+/m0/s1. The molecule has 0 bridgehead atoms. The van der Waals surface area contributed by atoms with Gasteiger partial charge in [0.05, 0.1) is 12.1 Å². The van der Waals surface area contributed by atoms with Gasteiger partial charge in [0.25, 0.3) is 0 Å². The minimum Gasteiger partial charge on any atom is -0.392 e. The lowest BCUT2D eigenvalue weighted by Gasteiger charge is -2.37. The first kappa shape index (κ1) is 18.2. The molecule has 0 spiro atoms. The molecule has 0 radical (unpaired) electrons. The molecule has 0 unspecified atom stereocenters. The van der Waals surface area contributed by atoms with Crippen molar-refractivity contribution in [3.8, 4) is 0 Å². The van der Waals surface area contributed by atoms with Crippen molar-refractivity contribution < 1.29 is 9.90 Å². The third-order valence-electron chi connectivity index (χ3n) is 4.24. The quantitative estimate of drug-likeness (QED) is 0.821. The summed E-state index contributed by atoms with van der Waals surface area (Å²) < 4.78 is 0. The Morgan fingerprint density at radius 2 is 1.83 bits per heavy atom. The minimum absolute atomic E-state index is 0.0453. The second-order valence-electron chi connectivity index (χ2n) is 6.21. The van der Waals surface area contributed by atoms with Gasteiger partial charge in [-0.3, -0.25) is 14.6 Å². The average Bonchev–Trinajstić information content (AvgIpc) is 2.53. The first-order valence-corrected chi connectivity index (χ1v) is 8.50. The summed E-state index contributed by atoms with van der Waals surface area (Å²) in [7, 11) is 0. The van der Waals surface area contributed by atoms with Crippen LogP contribution in [0.15, 0.2) is 24.3 Å². The zero-order valence-electron chi connectivity index (χ0n) is 13.8. The molecule has 0 aliphatic carbocycles. The van der Waals surface area contributed by atoms with E-state index in [4.69, 9.17) is 11.6 Å². The second kappa shape index (κ2) is 8.64. The molecule has 2 rings (SSSR count). The van der Waals surface area contributed by atoms with Gasteiger partial charge in [0.2, 0.25) is 5.91 Å². The van der Waals surface area contributed by atoms with Crippen molar-refractivity contribution >= 4 is 17.5 Å². The Hall–Kier alpha value is -1.14. The number of hydrogen-bond acceptors (Lipinski definition) is 4. The van der Waals surface area contributed by atoms with Crippen LogP contribution in [0.4, 0.5) is 0 Å². The van der Waals surface area contributed by atoms with Crippen molar-refractivity contribution in [3.63, 3.8) is 0 Å². The minimum atomic E-state index is -0.304. The Labute approximate surface area is 143 Å². The maximum Gasteiger partial charge on any atom is 0.237 e. The number of aliphatic hydroxyl groups excluding tert-OH is 1. The molecule has 2 N–H and O–H groups in total. The number of aliphatic hydroxyl groups is 1. The maximum absolute atomic E-state index is 12.3. The summed E-state index contributed by atoms with van der Waals surface area (Å²) in [5, 5.41) is 13.1. The number of benzene rings is 1. The van der Waals surface area contributed by atoms with E-state index in [-0.39, 0.29) is 18.1 Å². The van der Waals surface area contributed by atoms with Gasteiger partial charge < -0.3 is 10.4 Å². The number of amides is 1. The highest BCUT2D eigenvalue weighted by atomic mass is 35.5. The summed E-state index contributed by atoms with van der Waals surface area (Å²) in [6.45, 7) is 8.44. The van der Waals surface area contributed by atoms with Crippen LogP contribution in [0.25, 0.3) is 0 Å². The molecule has 0 saturated carbocycles. The molecule has 2 atom stereocenters. The summed E-state index contributed by atoms with van der Waals surface area (Å²) >= 11 is 5.86. The fraction of sp³-hybridized carbons (Fsp3) is 0.588. The van der Waals surface area contributed by atoms with Crippen LogP contribution in [-0.4, -0.2) is 65.7 Å². The van der Waals surface area contributed by atoms with Gasteiger partial charge in [-0.2, -0.15) is 0 Å². The fourth-order valence-corrected chi connectivity index (χ4v) is 2.94. The van der Waals surface area contributed by atoms with E-state index in [2.05, 4.69) is 15.1 Å². The lowest BCUT2D eigenvalue weighted by Crippen LogP contribution is -2.54. The Kier molecular flexibility index (Phi) is 6.84. The Bertz CT molecular complexity index is 499. The number of carbonyl (C=O) groups excluding carboxylic acids is 1. The molecule has 1 aliphatic heterocycles. The number of hydrogen-bond donors (Lipinski definition) is 2. The summed E-state index contributed by atoms with van der Waals surface area (Å²) in [6.07, 6.45) is -0.304. The van der Waals surface area contributed by atoms with E-state index in [0.29, 0.717) is 18.1 Å². The molecular formula is C17H26ClN3O2. The predicted molar refractivity (Wildman–Crippen MR) is 92.5 cm³/mol. The zero-order chi connectivity index (χ0) is 16.8. The number of nitrogens with zero attached hydrogens (tertiary/aromatic N) is 2. The first-order chi connectivity index (χ1) is 11.0. The Balaban J connectivity index is 1.75. The fourth-order valence-electron chi connectivity index (χ4n) is 2.81. The summed E-state index contributed by atoms with van der Waals surface area (Å²) in [5.74, 6) is 0.0453. The summed E-state index contributed by atoms with van der Waals surface area (Å²) in [6, 6.07) is 7.35. The van der Waals surface area contributed by atoms with Crippen molar-refractivity contribution in [1.29, 1.82) is 0 Å². The maximum atomic E-state index is 12.3. The molecule has 23 heavy (non-hydrogen) atoms. The normalized spacial score (nSPS) is 19.3. The number of halogens is 1. The van der Waals surface area contributed by atoms with Gasteiger partial charge in [0.15, 0.2) is 0 Å². The van der Waals surface area contributed by atoms with Crippen LogP contribution in [0.2, 0.25) is 5.02 Å². The molecule has 6 heteroatoms. The van der Waals surface area contributed by atoms with E-state index in [9.17, 15) is 9.90 Å². The third kappa shape index (κ3) is 5.77. The lowest BCUT2D eigenvalue weighted by atomic mass is 10.2. The largest absolute Gasteiger partial charge is 0.392 e. The van der Waals surface area contributed by atoms with E-state index in [0.717, 1.165) is 31.7 Å². The SMILES string of the molecule is C[C@H](O)CN1CCN([C@H](C)C(=O)NCc2ccc(Cl)cc2)CC1. The van der Waals surface area contributed by atoms with Gasteiger partial charge in [-0.15, -0.1) is 0 Å². The lowest BCUT2D eigenvalue weighted by molar-refractivity contribution is -0.126. The van der Waals surface area contributed by atoms with Gasteiger partial charge in [-0.05, 0) is 31.5 Å². The molecule has 128 valence electrons. The number of nitrogens with one attached hydrogen (secondary N) is 1. The highest BCUT2D eigenvalue weighted by molar-refractivity contribution is 6.30. The van der Waals surface area contributed by atoms with Crippen LogP contribution in [0.5, 0.6) is 0 Å². The van der Waals surface area contributed by atoms with Crippen LogP contribution in [0.1, 0.15) is 19.4 Å². The molecule has 1 amide bonds. The van der Waals surface area contributed by atoms with E-state index >= 15 is 0 Å². The molecule has 1 saturated heterocycles. The van der Waals surface area contributed by atoms with E-state index in [1.54, 1.807) is 6.92 Å². The number of piperazine rings is 1. The van der Waals surface area contributed by atoms with Gasteiger partial charge in [0, 0.05) is 44.3 Å². The molecule has 5 nitrogen and oxygen atoms in total. The van der Waals surface area contributed by atoms with Gasteiger partial charge in [-0.1, -0.05) is 23.7 Å². The molecular weight excluding hydrogens is 314 g/mol. The van der Waals surface area contributed by atoms with E-state index < -0.39 is 0 Å². The van der Waals surface area contributed by atoms with E-state index in [1.807, 2.05) is 31.2 Å². The highest BCUT2D eigenvalue weighted by Crippen LogP contribution is 2.10. The number of rotatable bonds is 6. The molecule has 0 aromatic heterocycles. The van der Waals surface area contributed by atoms with Crippen LogP contribution in [0.3, 0.4) is 0 Å². The highest BCUT2D eigenvalue weighted by Gasteiger charge is 2.25. The molecule has 1 heterocycles. The first-order valence-electron chi connectivity index (χ1n) is 8.12. The van der Waals surface area contributed by atoms with Crippen LogP contribution < -0.4 is 5.32 Å². The Morgan fingerprint density at radius 3 is 2.39 bits per heavy atom. The second-order valence-corrected chi connectivity index (χ2v) is 6.64. The molecule has 1 aliphatic rings. The van der Waals surface area contributed by atoms with Crippen LogP contribution >= 0.6 is 11.6 Å². The van der Waals surface area contributed by atoms with Crippen molar-refractivity contribution in [2.24, 2.45) is 0 Å². The third-order valence-corrected chi connectivity index (χ3v) is 4.49. The van der Waals surface area contributed by atoms with Crippen molar-refractivity contribution in [2.45, 2.75) is 32.5 Å². The molecule has 1 fully saturated rings. The van der Waals surface area contributed by atoms with Crippen molar-refractivity contribution in [3.05, 3.63) is 34.9 Å². The van der Waals surface area contributed by atoms with Gasteiger partial charge in [0.1, 0.15) is 0 Å². The van der Waals surface area contributed by atoms with Gasteiger partial charge in [-0.25, -0.2) is 0 Å². The zero-order valence-corrected chi connectivity index (χ0v) is 14.6. The molecule has 1 aromatic carbocycles. The smallest absolute Gasteiger partial charge is 0.237 e. The summed E-state index contributed by atoms with van der Waals surface area (Å²) in [5.41, 5.74) is 1.04. The Morgan fingerprint density at radius 1 is 1.22 bits per heavy atom. The predicted octanol–water partition coefficient (Wildman–Crippen LogP) is 1.34. The number of β-amino-alcohol motifs (C(OH)–C–C–N with tert-alkyl or cyclic N) is 1. The summed E-state index contributed by atoms with van der Waals surface area (Å²) in [4.78, 5) is 16.7. The van der Waals surface area contributed by atoms with Gasteiger partial charge >= 0.3 is 0 Å². The van der Waals surface area contributed by atoms with Crippen LogP contribution in [-0.2, 0) is 11.3 Å². The monoisotopic (exact) mass is 339 g/mol. The topological polar surface area (TPSA) is 55.8 Å². The van der Waals surface area contributed by atoms with Crippen LogP contribution in [0, 0.1) is 0 Å². The number of carbonyl (C=O) groups is 1. The average molecular weight is 340 g/mol. The van der Waals surface area contributed by atoms with E-state index in [1.165, 1.54) is 0 Å².